The van der Waals surface area contributed by atoms with Gasteiger partial charge in [-0.2, -0.15) is 0 Å². The van der Waals surface area contributed by atoms with Gasteiger partial charge in [-0.25, -0.2) is 0 Å². The summed E-state index contributed by atoms with van der Waals surface area (Å²) in [5, 5.41) is 3.40. The Morgan fingerprint density at radius 3 is 2.47 bits per heavy atom. The van der Waals surface area contributed by atoms with Crippen molar-refractivity contribution < 1.29 is 9.53 Å². The third-order valence-corrected chi connectivity index (χ3v) is 4.08. The van der Waals surface area contributed by atoms with E-state index in [1.807, 2.05) is 6.92 Å². The quantitative estimate of drug-likeness (QED) is 0.790. The third kappa shape index (κ3) is 4.14. The zero-order valence-electron chi connectivity index (χ0n) is 10.6. The van der Waals surface area contributed by atoms with Crippen molar-refractivity contribution in [1.82, 2.24) is 5.32 Å². The van der Waals surface area contributed by atoms with Crippen LogP contribution in [0.3, 0.4) is 0 Å². The number of piperidine rings is 1. The molecular weight excluding hydrogens is 238 g/mol. The van der Waals surface area contributed by atoms with Crippen LogP contribution in [0.2, 0.25) is 0 Å². The molecule has 0 aromatic heterocycles. The van der Waals surface area contributed by atoms with Crippen LogP contribution in [0.4, 0.5) is 0 Å². The van der Waals surface area contributed by atoms with Crippen molar-refractivity contribution in [3.63, 3.8) is 0 Å². The van der Waals surface area contributed by atoms with Gasteiger partial charge >= 0.3 is 5.97 Å². The monoisotopic (exact) mass is 261 g/mol. The second-order valence-electron chi connectivity index (χ2n) is 5.19. The molecule has 2 fully saturated rings. The number of nitrogens with one attached hydrogen (secondary N) is 1. The highest BCUT2D eigenvalue weighted by Gasteiger charge is 2.36. The molecule has 1 saturated heterocycles. The maximum Gasteiger partial charge on any atom is 0.306 e. The summed E-state index contributed by atoms with van der Waals surface area (Å²) in [6.45, 7) is 4.76. The van der Waals surface area contributed by atoms with Crippen molar-refractivity contribution >= 4 is 18.4 Å². The van der Waals surface area contributed by atoms with Gasteiger partial charge in [-0.15, -0.1) is 12.4 Å². The molecule has 0 amide bonds. The first-order valence-electron chi connectivity index (χ1n) is 6.66. The van der Waals surface area contributed by atoms with Crippen LogP contribution >= 0.6 is 12.4 Å². The van der Waals surface area contributed by atoms with Crippen molar-refractivity contribution in [2.45, 2.75) is 39.0 Å². The minimum atomic E-state index is -0.00346. The summed E-state index contributed by atoms with van der Waals surface area (Å²) in [4.78, 5) is 11.3. The fraction of sp³-hybridized carbons (Fsp3) is 0.923. The molecule has 0 spiro atoms. The fourth-order valence-corrected chi connectivity index (χ4v) is 3.11. The van der Waals surface area contributed by atoms with E-state index in [4.69, 9.17) is 4.74 Å². The van der Waals surface area contributed by atoms with Gasteiger partial charge < -0.3 is 10.1 Å². The van der Waals surface area contributed by atoms with Gasteiger partial charge in [0.15, 0.2) is 0 Å². The normalized spacial score (nSPS) is 29.0. The first kappa shape index (κ1) is 14.8. The molecular formula is C13H24ClNO2. The van der Waals surface area contributed by atoms with Gasteiger partial charge in [-0.3, -0.25) is 4.79 Å². The minimum Gasteiger partial charge on any atom is -0.466 e. The van der Waals surface area contributed by atoms with Crippen molar-refractivity contribution in [1.29, 1.82) is 0 Å². The smallest absolute Gasteiger partial charge is 0.306 e. The van der Waals surface area contributed by atoms with E-state index in [-0.39, 0.29) is 18.4 Å². The van der Waals surface area contributed by atoms with E-state index in [0.717, 1.165) is 11.8 Å². The summed E-state index contributed by atoms with van der Waals surface area (Å²) in [5.41, 5.74) is 0. The molecule has 3 nitrogen and oxygen atoms in total. The average Bonchev–Trinajstić information content (AvgIpc) is 2.24. The number of ether oxygens (including phenoxy) is 1. The van der Waals surface area contributed by atoms with E-state index in [1.54, 1.807) is 0 Å². The van der Waals surface area contributed by atoms with Crippen molar-refractivity contribution in [2.24, 2.45) is 17.8 Å². The van der Waals surface area contributed by atoms with Gasteiger partial charge in [0, 0.05) is 6.42 Å². The molecule has 1 aliphatic heterocycles. The molecule has 2 aliphatic rings. The van der Waals surface area contributed by atoms with Gasteiger partial charge in [0.2, 0.25) is 0 Å². The van der Waals surface area contributed by atoms with E-state index < -0.39 is 0 Å². The van der Waals surface area contributed by atoms with Crippen LogP contribution in [0, 0.1) is 17.8 Å². The lowest BCUT2D eigenvalue weighted by Gasteiger charge is -2.41. The SMILES string of the molecule is CCOC(=O)CC1CC(C2CCNCC2)C1.Cl. The first-order valence-corrected chi connectivity index (χ1v) is 6.66. The van der Waals surface area contributed by atoms with Crippen molar-refractivity contribution in [3.05, 3.63) is 0 Å². The second kappa shape index (κ2) is 7.22. The molecule has 1 aliphatic carbocycles. The van der Waals surface area contributed by atoms with Gasteiger partial charge in [0.25, 0.3) is 0 Å². The molecule has 0 aromatic rings. The predicted molar refractivity (Wildman–Crippen MR) is 70.3 cm³/mol. The van der Waals surface area contributed by atoms with Crippen molar-refractivity contribution in [3.8, 4) is 0 Å². The Labute approximate surface area is 110 Å². The van der Waals surface area contributed by atoms with Gasteiger partial charge in [-0.05, 0) is 63.5 Å². The maximum atomic E-state index is 11.3. The highest BCUT2D eigenvalue weighted by atomic mass is 35.5. The number of carbonyl (C=O) groups is 1. The molecule has 4 heteroatoms. The molecule has 100 valence electrons. The lowest BCUT2D eigenvalue weighted by molar-refractivity contribution is -0.145. The zero-order valence-corrected chi connectivity index (χ0v) is 11.4. The molecule has 0 atom stereocenters. The summed E-state index contributed by atoms with van der Waals surface area (Å²) >= 11 is 0. The Bertz CT molecular complexity index is 236. The molecule has 0 radical (unpaired) electrons. The van der Waals surface area contributed by atoms with Gasteiger partial charge in [-0.1, -0.05) is 0 Å². The Morgan fingerprint density at radius 2 is 1.88 bits per heavy atom. The molecule has 1 N–H and O–H groups in total. The van der Waals surface area contributed by atoms with E-state index >= 15 is 0 Å². The Hall–Kier alpha value is -0.280. The fourth-order valence-electron chi connectivity index (χ4n) is 3.11. The van der Waals surface area contributed by atoms with E-state index in [0.29, 0.717) is 18.9 Å². The number of rotatable bonds is 4. The van der Waals surface area contributed by atoms with Gasteiger partial charge in [0.1, 0.15) is 0 Å². The van der Waals surface area contributed by atoms with Crippen LogP contribution in [0.1, 0.15) is 39.0 Å². The lowest BCUT2D eigenvalue weighted by Crippen LogP contribution is -2.38. The summed E-state index contributed by atoms with van der Waals surface area (Å²) in [6.07, 6.45) is 5.82. The van der Waals surface area contributed by atoms with Crippen LogP contribution in [0.5, 0.6) is 0 Å². The number of esters is 1. The molecule has 1 heterocycles. The first-order chi connectivity index (χ1) is 7.79. The third-order valence-electron chi connectivity index (χ3n) is 4.08. The molecule has 17 heavy (non-hydrogen) atoms. The van der Waals surface area contributed by atoms with E-state index in [9.17, 15) is 4.79 Å². The van der Waals surface area contributed by atoms with Crippen LogP contribution in [-0.2, 0) is 9.53 Å². The van der Waals surface area contributed by atoms with E-state index in [2.05, 4.69) is 5.32 Å². The Kier molecular flexibility index (Phi) is 6.28. The summed E-state index contributed by atoms with van der Waals surface area (Å²) in [6, 6.07) is 0. The average molecular weight is 262 g/mol. The van der Waals surface area contributed by atoms with Crippen LogP contribution < -0.4 is 5.32 Å². The highest BCUT2D eigenvalue weighted by Crippen LogP contribution is 2.43. The molecule has 2 rings (SSSR count). The Morgan fingerprint density at radius 1 is 1.24 bits per heavy atom. The summed E-state index contributed by atoms with van der Waals surface area (Å²) in [5.74, 6) is 2.41. The summed E-state index contributed by atoms with van der Waals surface area (Å²) < 4.78 is 4.98. The maximum absolute atomic E-state index is 11.3. The number of halogens is 1. The number of hydrogen-bond acceptors (Lipinski definition) is 3. The molecule has 0 bridgehead atoms. The molecule has 0 unspecified atom stereocenters. The number of hydrogen-bond donors (Lipinski definition) is 1. The highest BCUT2D eigenvalue weighted by molar-refractivity contribution is 5.85. The Balaban J connectivity index is 0.00000144. The second-order valence-corrected chi connectivity index (χ2v) is 5.19. The topological polar surface area (TPSA) is 38.3 Å². The largest absolute Gasteiger partial charge is 0.466 e. The predicted octanol–water partition coefficient (Wildman–Crippen LogP) is 2.39. The van der Waals surface area contributed by atoms with E-state index in [1.165, 1.54) is 38.8 Å². The zero-order chi connectivity index (χ0) is 11.4. The van der Waals surface area contributed by atoms with Crippen molar-refractivity contribution in [2.75, 3.05) is 19.7 Å². The standard InChI is InChI=1S/C13H23NO2.ClH/c1-2-16-13(15)9-10-7-12(8-10)11-3-5-14-6-4-11;/h10-12,14H,2-9H2,1H3;1H. The van der Waals surface area contributed by atoms with Crippen LogP contribution in [0.15, 0.2) is 0 Å². The molecule has 0 aromatic carbocycles. The lowest BCUT2D eigenvalue weighted by atomic mass is 9.65. The summed E-state index contributed by atoms with van der Waals surface area (Å²) in [7, 11) is 0. The number of carbonyl (C=O) groups excluding carboxylic acids is 1. The van der Waals surface area contributed by atoms with Gasteiger partial charge in [0.05, 0.1) is 6.61 Å². The minimum absolute atomic E-state index is 0. The molecule has 1 saturated carbocycles. The van der Waals surface area contributed by atoms with Crippen LogP contribution in [0.25, 0.3) is 0 Å². The van der Waals surface area contributed by atoms with Crippen LogP contribution in [-0.4, -0.2) is 25.7 Å².